The zero-order chi connectivity index (χ0) is 12.1. The molecule has 1 amide bonds. The van der Waals surface area contributed by atoms with Crippen LogP contribution in [0.15, 0.2) is 0 Å². The van der Waals surface area contributed by atoms with Crippen molar-refractivity contribution in [2.75, 3.05) is 20.2 Å². The summed E-state index contributed by atoms with van der Waals surface area (Å²) in [5, 5.41) is 8.81. The highest BCUT2D eigenvalue weighted by molar-refractivity contribution is 5.78. The number of carbonyl (C=O) groups is 2. The number of likely N-dealkylation sites (tertiary alicyclic amines) is 1. The Hall–Kier alpha value is -1.10. The largest absolute Gasteiger partial charge is 0.481 e. The Morgan fingerprint density at radius 1 is 1.56 bits per heavy atom. The van der Waals surface area contributed by atoms with E-state index in [0.717, 1.165) is 0 Å². The van der Waals surface area contributed by atoms with Crippen LogP contribution in [0.1, 0.15) is 26.2 Å². The molecule has 2 unspecified atom stereocenters. The van der Waals surface area contributed by atoms with Crippen molar-refractivity contribution in [3.8, 4) is 0 Å². The Balaban J connectivity index is 2.31. The SMILES string of the molecule is COC(C)CCC(=O)N1CCC(C(=O)O)C1. The van der Waals surface area contributed by atoms with Crippen LogP contribution in [-0.4, -0.2) is 48.2 Å². The second-order valence-corrected chi connectivity index (χ2v) is 4.25. The Kier molecular flexibility index (Phi) is 4.73. The summed E-state index contributed by atoms with van der Waals surface area (Å²) < 4.78 is 5.06. The molecule has 2 atom stereocenters. The van der Waals surface area contributed by atoms with E-state index in [0.29, 0.717) is 32.4 Å². The van der Waals surface area contributed by atoms with Crippen LogP contribution >= 0.6 is 0 Å². The van der Waals surface area contributed by atoms with Crippen molar-refractivity contribution in [3.63, 3.8) is 0 Å². The maximum atomic E-state index is 11.7. The van der Waals surface area contributed by atoms with E-state index in [1.807, 2.05) is 6.92 Å². The van der Waals surface area contributed by atoms with E-state index in [9.17, 15) is 9.59 Å². The van der Waals surface area contributed by atoms with Crippen molar-refractivity contribution < 1.29 is 19.4 Å². The second-order valence-electron chi connectivity index (χ2n) is 4.25. The maximum absolute atomic E-state index is 11.7. The average molecular weight is 229 g/mol. The standard InChI is InChI=1S/C11H19NO4/c1-8(16-2)3-4-10(13)12-6-5-9(7-12)11(14)15/h8-9H,3-7H2,1-2H3,(H,14,15). The summed E-state index contributed by atoms with van der Waals surface area (Å²) in [5.74, 6) is -1.16. The van der Waals surface area contributed by atoms with Crippen LogP contribution in [0, 0.1) is 5.92 Å². The van der Waals surface area contributed by atoms with E-state index in [4.69, 9.17) is 9.84 Å². The fraction of sp³-hybridized carbons (Fsp3) is 0.818. The third-order valence-corrected chi connectivity index (χ3v) is 3.06. The summed E-state index contributed by atoms with van der Waals surface area (Å²) in [6.07, 6.45) is 1.76. The highest BCUT2D eigenvalue weighted by atomic mass is 16.5. The van der Waals surface area contributed by atoms with Gasteiger partial charge in [-0.1, -0.05) is 0 Å². The molecule has 5 nitrogen and oxygen atoms in total. The van der Waals surface area contributed by atoms with Crippen molar-refractivity contribution in [1.82, 2.24) is 4.90 Å². The van der Waals surface area contributed by atoms with Crippen LogP contribution in [0.2, 0.25) is 0 Å². The highest BCUT2D eigenvalue weighted by Crippen LogP contribution is 2.17. The van der Waals surface area contributed by atoms with Gasteiger partial charge in [0.05, 0.1) is 12.0 Å². The summed E-state index contributed by atoms with van der Waals surface area (Å²) in [7, 11) is 1.62. The van der Waals surface area contributed by atoms with E-state index < -0.39 is 5.97 Å². The monoisotopic (exact) mass is 229 g/mol. The molecule has 1 aliphatic heterocycles. The van der Waals surface area contributed by atoms with Gasteiger partial charge >= 0.3 is 5.97 Å². The van der Waals surface area contributed by atoms with Gasteiger partial charge in [0, 0.05) is 26.6 Å². The number of rotatable bonds is 5. The smallest absolute Gasteiger partial charge is 0.308 e. The third kappa shape index (κ3) is 3.48. The molecule has 1 heterocycles. The zero-order valence-electron chi connectivity index (χ0n) is 9.81. The van der Waals surface area contributed by atoms with Crippen molar-refractivity contribution >= 4 is 11.9 Å². The van der Waals surface area contributed by atoms with Gasteiger partial charge in [-0.05, 0) is 19.8 Å². The lowest BCUT2D eigenvalue weighted by Crippen LogP contribution is -2.30. The zero-order valence-corrected chi connectivity index (χ0v) is 9.81. The summed E-state index contributed by atoms with van der Waals surface area (Å²) >= 11 is 0. The van der Waals surface area contributed by atoms with E-state index in [-0.39, 0.29) is 17.9 Å². The van der Waals surface area contributed by atoms with Gasteiger partial charge < -0.3 is 14.7 Å². The first-order valence-electron chi connectivity index (χ1n) is 5.58. The molecule has 0 aromatic carbocycles. The number of aliphatic carboxylic acids is 1. The van der Waals surface area contributed by atoms with Gasteiger partial charge in [-0.3, -0.25) is 9.59 Å². The minimum Gasteiger partial charge on any atom is -0.481 e. The number of ether oxygens (including phenoxy) is 1. The van der Waals surface area contributed by atoms with E-state index in [1.165, 1.54) is 0 Å². The molecule has 0 aromatic rings. The van der Waals surface area contributed by atoms with Crippen molar-refractivity contribution in [2.24, 2.45) is 5.92 Å². The number of methoxy groups -OCH3 is 1. The predicted molar refractivity (Wildman–Crippen MR) is 58.0 cm³/mol. The van der Waals surface area contributed by atoms with E-state index in [1.54, 1.807) is 12.0 Å². The number of carboxylic acid groups (broad SMARTS) is 1. The van der Waals surface area contributed by atoms with Gasteiger partial charge in [0.25, 0.3) is 0 Å². The Morgan fingerprint density at radius 3 is 2.75 bits per heavy atom. The Morgan fingerprint density at radius 2 is 2.25 bits per heavy atom. The number of amides is 1. The van der Waals surface area contributed by atoms with Crippen molar-refractivity contribution in [2.45, 2.75) is 32.3 Å². The number of carbonyl (C=O) groups excluding carboxylic acids is 1. The van der Waals surface area contributed by atoms with Crippen molar-refractivity contribution in [3.05, 3.63) is 0 Å². The predicted octanol–water partition coefficient (Wildman–Crippen LogP) is 0.735. The molecule has 0 spiro atoms. The fourth-order valence-electron chi connectivity index (χ4n) is 1.79. The minimum atomic E-state index is -0.805. The molecule has 0 aromatic heterocycles. The lowest BCUT2D eigenvalue weighted by atomic mass is 10.1. The normalized spacial score (nSPS) is 22.1. The fourth-order valence-corrected chi connectivity index (χ4v) is 1.79. The topological polar surface area (TPSA) is 66.8 Å². The number of nitrogens with zero attached hydrogens (tertiary/aromatic N) is 1. The molecule has 92 valence electrons. The Bertz CT molecular complexity index is 267. The Labute approximate surface area is 95.4 Å². The van der Waals surface area contributed by atoms with Crippen LogP contribution in [0.3, 0.4) is 0 Å². The van der Waals surface area contributed by atoms with Crippen molar-refractivity contribution in [1.29, 1.82) is 0 Å². The first-order valence-corrected chi connectivity index (χ1v) is 5.58. The molecular weight excluding hydrogens is 210 g/mol. The third-order valence-electron chi connectivity index (χ3n) is 3.06. The maximum Gasteiger partial charge on any atom is 0.308 e. The molecule has 1 saturated heterocycles. The van der Waals surface area contributed by atoms with Crippen LogP contribution in [0.25, 0.3) is 0 Å². The molecule has 0 saturated carbocycles. The number of carboxylic acids is 1. The lowest BCUT2D eigenvalue weighted by Gasteiger charge is -2.17. The molecule has 1 N–H and O–H groups in total. The van der Waals surface area contributed by atoms with Crippen LogP contribution < -0.4 is 0 Å². The summed E-state index contributed by atoms with van der Waals surface area (Å²) in [6, 6.07) is 0. The van der Waals surface area contributed by atoms with Crippen LogP contribution in [0.5, 0.6) is 0 Å². The summed E-state index contributed by atoms with van der Waals surface area (Å²) in [5.41, 5.74) is 0. The molecular formula is C11H19NO4. The minimum absolute atomic E-state index is 0.0349. The van der Waals surface area contributed by atoms with E-state index >= 15 is 0 Å². The number of hydrogen-bond donors (Lipinski definition) is 1. The molecule has 1 rings (SSSR count). The van der Waals surface area contributed by atoms with Crippen LogP contribution in [-0.2, 0) is 14.3 Å². The molecule has 0 bridgehead atoms. The lowest BCUT2D eigenvalue weighted by molar-refractivity contribution is -0.141. The molecule has 0 aliphatic carbocycles. The molecule has 1 fully saturated rings. The average Bonchev–Trinajstić information content (AvgIpc) is 2.74. The van der Waals surface area contributed by atoms with Gasteiger partial charge in [0.1, 0.15) is 0 Å². The molecule has 5 heteroatoms. The molecule has 1 aliphatic rings. The highest BCUT2D eigenvalue weighted by Gasteiger charge is 2.30. The first-order chi connectivity index (χ1) is 7.54. The quantitative estimate of drug-likeness (QED) is 0.755. The van der Waals surface area contributed by atoms with Gasteiger partial charge in [-0.25, -0.2) is 0 Å². The summed E-state index contributed by atoms with van der Waals surface area (Å²) in [6.45, 7) is 2.84. The van der Waals surface area contributed by atoms with Gasteiger partial charge in [-0.15, -0.1) is 0 Å². The van der Waals surface area contributed by atoms with Gasteiger partial charge in [0.2, 0.25) is 5.91 Å². The molecule has 0 radical (unpaired) electrons. The summed E-state index contributed by atoms with van der Waals surface area (Å²) in [4.78, 5) is 24.1. The van der Waals surface area contributed by atoms with E-state index in [2.05, 4.69) is 0 Å². The van der Waals surface area contributed by atoms with Gasteiger partial charge in [0.15, 0.2) is 0 Å². The first kappa shape index (κ1) is 13.0. The molecule has 16 heavy (non-hydrogen) atoms. The number of hydrogen-bond acceptors (Lipinski definition) is 3. The van der Waals surface area contributed by atoms with Gasteiger partial charge in [-0.2, -0.15) is 0 Å². The second kappa shape index (κ2) is 5.84. The van der Waals surface area contributed by atoms with Crippen LogP contribution in [0.4, 0.5) is 0 Å².